The number of fused-ring (bicyclic) bond motifs is 1. The highest BCUT2D eigenvalue weighted by Crippen LogP contribution is 2.39. The van der Waals surface area contributed by atoms with E-state index in [2.05, 4.69) is 0 Å². The minimum Gasteiger partial charge on any atom is -0.495 e. The third kappa shape index (κ3) is 1.56. The average molecular weight is 208 g/mol. The topological polar surface area (TPSA) is 58.7 Å². The van der Waals surface area contributed by atoms with Crippen LogP contribution in [-0.2, 0) is 0 Å². The van der Waals surface area contributed by atoms with E-state index < -0.39 is 6.10 Å². The Kier molecular flexibility index (Phi) is 2.54. The predicted octanol–water partition coefficient (Wildman–Crippen LogP) is 0.506. The van der Waals surface area contributed by atoms with Gasteiger partial charge in [-0.3, -0.25) is 0 Å². The first-order valence-corrected chi connectivity index (χ1v) is 4.97. The Morgan fingerprint density at radius 3 is 2.93 bits per heavy atom. The van der Waals surface area contributed by atoms with E-state index in [-0.39, 0.29) is 6.04 Å². The van der Waals surface area contributed by atoms with Crippen LogP contribution in [-0.4, -0.2) is 31.9 Å². The molecule has 0 fully saturated rings. The number of methoxy groups -OCH3 is 1. The molecule has 0 radical (unpaired) electrons. The summed E-state index contributed by atoms with van der Waals surface area (Å²) < 4.78 is 5.27. The van der Waals surface area contributed by atoms with Crippen molar-refractivity contribution in [2.45, 2.75) is 12.1 Å². The number of hydrogen-bond acceptors (Lipinski definition) is 4. The first kappa shape index (κ1) is 10.3. The van der Waals surface area contributed by atoms with Gasteiger partial charge >= 0.3 is 0 Å². The number of nitrogens with zero attached hydrogens (tertiary/aromatic N) is 1. The molecule has 0 spiro atoms. The second kappa shape index (κ2) is 3.72. The van der Waals surface area contributed by atoms with E-state index in [9.17, 15) is 5.11 Å². The fourth-order valence-electron chi connectivity index (χ4n) is 2.09. The average Bonchev–Trinajstić information content (AvgIpc) is 2.25. The summed E-state index contributed by atoms with van der Waals surface area (Å²) in [5.41, 5.74) is 7.62. The minimum absolute atomic E-state index is 0.241. The van der Waals surface area contributed by atoms with E-state index in [0.717, 1.165) is 17.0 Å². The van der Waals surface area contributed by atoms with Gasteiger partial charge in [-0.25, -0.2) is 0 Å². The van der Waals surface area contributed by atoms with E-state index in [1.54, 1.807) is 7.11 Å². The van der Waals surface area contributed by atoms with Crippen molar-refractivity contribution in [1.82, 2.24) is 0 Å². The predicted molar refractivity (Wildman–Crippen MR) is 59.2 cm³/mol. The summed E-state index contributed by atoms with van der Waals surface area (Å²) in [4.78, 5) is 2.02. The van der Waals surface area contributed by atoms with Gasteiger partial charge in [0.2, 0.25) is 0 Å². The second-order valence-electron chi connectivity index (χ2n) is 3.89. The third-order valence-electron chi connectivity index (χ3n) is 2.84. The van der Waals surface area contributed by atoms with Gasteiger partial charge in [-0.1, -0.05) is 12.1 Å². The molecule has 0 amide bonds. The van der Waals surface area contributed by atoms with Crippen molar-refractivity contribution in [1.29, 1.82) is 0 Å². The lowest BCUT2D eigenvalue weighted by atomic mass is 9.95. The standard InChI is InChI=1S/C11H16N2O2/c1-13-6-8(12)11(14)7-4-3-5-9(15-2)10(7)13/h3-5,8,11,14H,6,12H2,1-2H3. The molecule has 2 unspecified atom stereocenters. The maximum atomic E-state index is 9.96. The number of anilines is 1. The van der Waals surface area contributed by atoms with Crippen LogP contribution in [0.4, 0.5) is 5.69 Å². The molecule has 82 valence electrons. The summed E-state index contributed by atoms with van der Waals surface area (Å²) in [5.74, 6) is 0.779. The molecule has 0 bridgehead atoms. The molecule has 4 nitrogen and oxygen atoms in total. The smallest absolute Gasteiger partial charge is 0.142 e. The Hall–Kier alpha value is -1.26. The molecule has 0 saturated heterocycles. The lowest BCUT2D eigenvalue weighted by Crippen LogP contribution is -2.44. The molecule has 2 atom stereocenters. The lowest BCUT2D eigenvalue weighted by molar-refractivity contribution is 0.143. The quantitative estimate of drug-likeness (QED) is 0.706. The molecular weight excluding hydrogens is 192 g/mol. The Labute approximate surface area is 89.3 Å². The Morgan fingerprint density at radius 2 is 2.27 bits per heavy atom. The SMILES string of the molecule is COc1cccc2c1N(C)CC(N)C2O. The van der Waals surface area contributed by atoms with Crippen LogP contribution in [0.1, 0.15) is 11.7 Å². The number of ether oxygens (including phenoxy) is 1. The van der Waals surface area contributed by atoms with Gasteiger partial charge in [-0.05, 0) is 6.07 Å². The maximum absolute atomic E-state index is 9.96. The van der Waals surface area contributed by atoms with Crippen molar-refractivity contribution < 1.29 is 9.84 Å². The zero-order chi connectivity index (χ0) is 11.0. The Balaban J connectivity index is 2.54. The van der Waals surface area contributed by atoms with Crippen LogP contribution in [0.2, 0.25) is 0 Å². The van der Waals surface area contributed by atoms with E-state index in [0.29, 0.717) is 6.54 Å². The summed E-state index contributed by atoms with van der Waals surface area (Å²) in [5, 5.41) is 9.96. The maximum Gasteiger partial charge on any atom is 0.142 e. The van der Waals surface area contributed by atoms with Crippen molar-refractivity contribution in [3.63, 3.8) is 0 Å². The van der Waals surface area contributed by atoms with Crippen LogP contribution in [0.3, 0.4) is 0 Å². The van der Waals surface area contributed by atoms with Gasteiger partial charge in [0, 0.05) is 19.2 Å². The number of para-hydroxylation sites is 1. The molecule has 0 aromatic heterocycles. The molecule has 0 aliphatic carbocycles. The van der Waals surface area contributed by atoms with Gasteiger partial charge in [0.05, 0.1) is 24.9 Å². The normalized spacial score (nSPS) is 24.9. The van der Waals surface area contributed by atoms with Gasteiger partial charge in [0.15, 0.2) is 0 Å². The number of aliphatic hydroxyl groups excluding tert-OH is 1. The number of nitrogens with two attached hydrogens (primary N) is 1. The van der Waals surface area contributed by atoms with Crippen molar-refractivity contribution in [3.05, 3.63) is 23.8 Å². The van der Waals surface area contributed by atoms with Gasteiger partial charge in [-0.2, -0.15) is 0 Å². The Morgan fingerprint density at radius 1 is 1.53 bits per heavy atom. The zero-order valence-corrected chi connectivity index (χ0v) is 8.97. The number of aliphatic hydroxyl groups is 1. The van der Waals surface area contributed by atoms with Crippen molar-refractivity contribution in [2.24, 2.45) is 5.73 Å². The van der Waals surface area contributed by atoms with Gasteiger partial charge in [-0.15, -0.1) is 0 Å². The molecule has 0 saturated carbocycles. The third-order valence-corrected chi connectivity index (χ3v) is 2.84. The van der Waals surface area contributed by atoms with Crippen LogP contribution in [0.25, 0.3) is 0 Å². The fourth-order valence-corrected chi connectivity index (χ4v) is 2.09. The molecule has 3 N–H and O–H groups in total. The van der Waals surface area contributed by atoms with Gasteiger partial charge < -0.3 is 20.5 Å². The number of hydrogen-bond donors (Lipinski definition) is 2. The van der Waals surface area contributed by atoms with Crippen LogP contribution in [0.5, 0.6) is 5.75 Å². The fraction of sp³-hybridized carbons (Fsp3) is 0.455. The van der Waals surface area contributed by atoms with Crippen LogP contribution >= 0.6 is 0 Å². The van der Waals surface area contributed by atoms with Crippen LogP contribution in [0, 0.1) is 0 Å². The monoisotopic (exact) mass is 208 g/mol. The molecule has 1 aromatic carbocycles. The lowest BCUT2D eigenvalue weighted by Gasteiger charge is -2.35. The van der Waals surface area contributed by atoms with Crippen molar-refractivity contribution in [2.75, 3.05) is 25.6 Å². The van der Waals surface area contributed by atoms with Crippen molar-refractivity contribution >= 4 is 5.69 Å². The van der Waals surface area contributed by atoms with E-state index in [4.69, 9.17) is 10.5 Å². The highest BCUT2D eigenvalue weighted by atomic mass is 16.5. The minimum atomic E-state index is -0.605. The van der Waals surface area contributed by atoms with Gasteiger partial charge in [0.1, 0.15) is 5.75 Å². The number of likely N-dealkylation sites (N-methyl/N-ethyl adjacent to an activating group) is 1. The van der Waals surface area contributed by atoms with Crippen molar-refractivity contribution in [3.8, 4) is 5.75 Å². The molecule has 2 rings (SSSR count). The summed E-state index contributed by atoms with van der Waals surface area (Å²) in [7, 11) is 3.58. The first-order chi connectivity index (χ1) is 7.15. The summed E-state index contributed by atoms with van der Waals surface area (Å²) in [6, 6.07) is 5.40. The summed E-state index contributed by atoms with van der Waals surface area (Å²) in [6.45, 7) is 0.633. The van der Waals surface area contributed by atoms with Crippen LogP contribution in [0.15, 0.2) is 18.2 Å². The molecule has 1 heterocycles. The number of rotatable bonds is 1. The molecule has 1 aliphatic rings. The van der Waals surface area contributed by atoms with Crippen LogP contribution < -0.4 is 15.4 Å². The Bertz CT molecular complexity index is 368. The zero-order valence-electron chi connectivity index (χ0n) is 8.97. The molecule has 1 aliphatic heterocycles. The van der Waals surface area contributed by atoms with E-state index in [1.165, 1.54) is 0 Å². The van der Waals surface area contributed by atoms with E-state index >= 15 is 0 Å². The largest absolute Gasteiger partial charge is 0.495 e. The molecular formula is C11H16N2O2. The molecule has 4 heteroatoms. The highest BCUT2D eigenvalue weighted by molar-refractivity contribution is 5.66. The second-order valence-corrected chi connectivity index (χ2v) is 3.89. The molecule has 15 heavy (non-hydrogen) atoms. The van der Waals surface area contributed by atoms with E-state index in [1.807, 2.05) is 30.1 Å². The number of benzene rings is 1. The molecule has 1 aromatic rings. The highest BCUT2D eigenvalue weighted by Gasteiger charge is 2.30. The van der Waals surface area contributed by atoms with Gasteiger partial charge in [0.25, 0.3) is 0 Å². The first-order valence-electron chi connectivity index (χ1n) is 4.97. The summed E-state index contributed by atoms with van der Waals surface area (Å²) in [6.07, 6.45) is -0.605. The summed E-state index contributed by atoms with van der Waals surface area (Å²) >= 11 is 0.